The first-order chi connectivity index (χ1) is 11.7. The molecular formula is C20H28O5. The third-order valence-electron chi connectivity index (χ3n) is 9.32. The van der Waals surface area contributed by atoms with Gasteiger partial charge < -0.3 is 14.9 Å². The largest absolute Gasteiger partial charge is 0.481 e. The van der Waals surface area contributed by atoms with E-state index in [4.69, 9.17) is 4.74 Å². The summed E-state index contributed by atoms with van der Waals surface area (Å²) in [5.41, 5.74) is -1.45. The quantitative estimate of drug-likeness (QED) is 0.749. The van der Waals surface area contributed by atoms with Crippen LogP contribution < -0.4 is 0 Å². The summed E-state index contributed by atoms with van der Waals surface area (Å²) in [5, 5.41) is 20.3. The zero-order chi connectivity index (χ0) is 17.8. The maximum atomic E-state index is 12.5. The second-order valence-electron chi connectivity index (χ2n) is 10.2. The molecule has 0 aromatic heterocycles. The van der Waals surface area contributed by atoms with Crippen molar-refractivity contribution >= 4 is 11.9 Å². The van der Waals surface area contributed by atoms with E-state index in [1.165, 1.54) is 0 Å². The van der Waals surface area contributed by atoms with E-state index in [-0.39, 0.29) is 22.3 Å². The van der Waals surface area contributed by atoms with Gasteiger partial charge in [0.05, 0.1) is 23.5 Å². The van der Waals surface area contributed by atoms with Crippen LogP contribution in [0.25, 0.3) is 0 Å². The van der Waals surface area contributed by atoms with Crippen LogP contribution in [0.1, 0.15) is 58.8 Å². The molecule has 1 saturated heterocycles. The highest BCUT2D eigenvalue weighted by Gasteiger charge is 2.79. The second-order valence-corrected chi connectivity index (χ2v) is 10.2. The van der Waals surface area contributed by atoms with Crippen molar-refractivity contribution in [2.75, 3.05) is 6.61 Å². The third-order valence-corrected chi connectivity index (χ3v) is 9.32. The van der Waals surface area contributed by atoms with E-state index in [9.17, 15) is 19.8 Å². The fourth-order valence-electron chi connectivity index (χ4n) is 8.55. The lowest BCUT2D eigenvalue weighted by Crippen LogP contribution is -2.50. The molecule has 2 bridgehead atoms. The molecule has 0 aromatic rings. The second kappa shape index (κ2) is 4.41. The standard InChI is InChI=1S/C20H28O5/c1-17-6-3-7-18(2,16(23)24)14(17)13(15(21)22)19-8-11(4-5-12(17)19)20(9-19)10-25-20/h11-14H,3-10H2,1-2H3,(H,21,22)(H,23,24). The summed E-state index contributed by atoms with van der Waals surface area (Å²) in [7, 11) is 0. The van der Waals surface area contributed by atoms with Gasteiger partial charge in [-0.25, -0.2) is 0 Å². The van der Waals surface area contributed by atoms with Crippen LogP contribution in [0.2, 0.25) is 0 Å². The first-order valence-electron chi connectivity index (χ1n) is 9.80. The highest BCUT2D eigenvalue weighted by Crippen LogP contribution is 2.79. The third kappa shape index (κ3) is 1.65. The van der Waals surface area contributed by atoms with Crippen LogP contribution in [0.5, 0.6) is 0 Å². The summed E-state index contributed by atoms with van der Waals surface area (Å²) in [5.74, 6) is -1.60. The molecule has 1 heterocycles. The van der Waals surface area contributed by atoms with Gasteiger partial charge in [-0.3, -0.25) is 9.59 Å². The fraction of sp³-hybridized carbons (Fsp3) is 0.900. The molecule has 5 heteroatoms. The maximum absolute atomic E-state index is 12.5. The van der Waals surface area contributed by atoms with Gasteiger partial charge in [-0.15, -0.1) is 0 Å². The first kappa shape index (κ1) is 16.1. The van der Waals surface area contributed by atoms with Crippen molar-refractivity contribution in [2.45, 2.75) is 64.4 Å². The van der Waals surface area contributed by atoms with Gasteiger partial charge >= 0.3 is 11.9 Å². The molecule has 0 radical (unpaired) electrons. The number of ether oxygens (including phenoxy) is 1. The zero-order valence-electron chi connectivity index (χ0n) is 15.1. The average molecular weight is 348 g/mol. The first-order valence-corrected chi connectivity index (χ1v) is 9.80. The lowest BCUT2D eigenvalue weighted by Gasteiger charge is -2.50. The van der Waals surface area contributed by atoms with E-state index < -0.39 is 23.3 Å². The van der Waals surface area contributed by atoms with E-state index in [0.717, 1.165) is 45.1 Å². The molecule has 8 unspecified atom stereocenters. The number of epoxide rings is 1. The van der Waals surface area contributed by atoms with Crippen molar-refractivity contribution in [3.05, 3.63) is 0 Å². The topological polar surface area (TPSA) is 87.1 Å². The molecular weight excluding hydrogens is 320 g/mol. The normalized spacial score (nSPS) is 58.6. The number of fused-ring (bicyclic) bond motifs is 4. The predicted molar refractivity (Wildman–Crippen MR) is 88.9 cm³/mol. The predicted octanol–water partition coefficient (Wildman–Crippen LogP) is 3.17. The summed E-state index contributed by atoms with van der Waals surface area (Å²) >= 11 is 0. The van der Waals surface area contributed by atoms with Crippen LogP contribution in [-0.4, -0.2) is 34.4 Å². The van der Waals surface area contributed by atoms with Gasteiger partial charge in [0.2, 0.25) is 0 Å². The molecule has 138 valence electrons. The molecule has 5 nitrogen and oxygen atoms in total. The summed E-state index contributed by atoms with van der Waals surface area (Å²) in [6.07, 6.45) is 6.38. The summed E-state index contributed by atoms with van der Waals surface area (Å²) in [6.45, 7) is 4.81. The van der Waals surface area contributed by atoms with Crippen LogP contribution in [0.15, 0.2) is 0 Å². The van der Waals surface area contributed by atoms with Crippen LogP contribution in [0.3, 0.4) is 0 Å². The molecule has 2 N–H and O–H groups in total. The molecule has 5 aliphatic rings. The van der Waals surface area contributed by atoms with Crippen LogP contribution in [0, 0.1) is 39.9 Å². The summed E-state index contributed by atoms with van der Waals surface area (Å²) in [6, 6.07) is 0. The molecule has 0 aromatic carbocycles. The molecule has 25 heavy (non-hydrogen) atoms. The minimum atomic E-state index is -0.933. The van der Waals surface area contributed by atoms with Gasteiger partial charge in [0.1, 0.15) is 0 Å². The minimum Gasteiger partial charge on any atom is -0.481 e. The van der Waals surface area contributed by atoms with Crippen molar-refractivity contribution < 1.29 is 24.5 Å². The Morgan fingerprint density at radius 1 is 1.12 bits per heavy atom. The Hall–Kier alpha value is -1.10. The van der Waals surface area contributed by atoms with Gasteiger partial charge in [0.15, 0.2) is 0 Å². The Bertz CT molecular complexity index is 669. The molecule has 4 aliphatic carbocycles. The van der Waals surface area contributed by atoms with Crippen molar-refractivity contribution in [1.29, 1.82) is 0 Å². The number of carboxylic acid groups (broad SMARTS) is 2. The Balaban J connectivity index is 1.70. The Labute approximate surface area is 148 Å². The molecule has 5 rings (SSSR count). The highest BCUT2D eigenvalue weighted by molar-refractivity contribution is 5.79. The highest BCUT2D eigenvalue weighted by atomic mass is 16.6. The maximum Gasteiger partial charge on any atom is 0.309 e. The number of rotatable bonds is 2. The van der Waals surface area contributed by atoms with Crippen molar-refractivity contribution in [3.8, 4) is 0 Å². The lowest BCUT2D eigenvalue weighted by atomic mass is 9.53. The Morgan fingerprint density at radius 2 is 1.84 bits per heavy atom. The van der Waals surface area contributed by atoms with E-state index in [1.807, 2.05) is 6.92 Å². The average Bonchev–Trinajstić information content (AvgIpc) is 3.20. The van der Waals surface area contributed by atoms with Gasteiger partial charge in [0, 0.05) is 0 Å². The van der Waals surface area contributed by atoms with Gasteiger partial charge in [0.25, 0.3) is 0 Å². The fourth-order valence-corrected chi connectivity index (χ4v) is 8.55. The monoisotopic (exact) mass is 348 g/mol. The minimum absolute atomic E-state index is 0.0775. The van der Waals surface area contributed by atoms with E-state index in [0.29, 0.717) is 18.3 Å². The molecule has 0 amide bonds. The number of hydrogen-bond acceptors (Lipinski definition) is 3. The molecule has 5 fully saturated rings. The van der Waals surface area contributed by atoms with Crippen LogP contribution >= 0.6 is 0 Å². The zero-order valence-corrected chi connectivity index (χ0v) is 15.1. The van der Waals surface area contributed by atoms with Gasteiger partial charge in [-0.2, -0.15) is 0 Å². The van der Waals surface area contributed by atoms with Crippen molar-refractivity contribution in [1.82, 2.24) is 0 Å². The molecule has 8 atom stereocenters. The summed E-state index contributed by atoms with van der Waals surface area (Å²) < 4.78 is 5.88. The van der Waals surface area contributed by atoms with Crippen LogP contribution in [0.4, 0.5) is 0 Å². The molecule has 2 spiro atoms. The van der Waals surface area contributed by atoms with Gasteiger partial charge in [-0.05, 0) is 74.0 Å². The smallest absolute Gasteiger partial charge is 0.309 e. The van der Waals surface area contributed by atoms with Crippen LogP contribution in [-0.2, 0) is 14.3 Å². The van der Waals surface area contributed by atoms with E-state index >= 15 is 0 Å². The summed E-state index contributed by atoms with van der Waals surface area (Å²) in [4.78, 5) is 24.8. The molecule has 4 saturated carbocycles. The molecule has 1 aliphatic heterocycles. The van der Waals surface area contributed by atoms with Crippen molar-refractivity contribution in [3.63, 3.8) is 0 Å². The van der Waals surface area contributed by atoms with Gasteiger partial charge in [-0.1, -0.05) is 13.3 Å². The SMILES string of the molecule is CC1(C(=O)O)CCCC2(C)C1C(C(=O)O)C13CC(CCC21)C1(CO1)C3. The number of carboxylic acids is 2. The number of aliphatic carboxylic acids is 2. The Morgan fingerprint density at radius 3 is 2.44 bits per heavy atom. The lowest BCUT2D eigenvalue weighted by molar-refractivity contribution is -0.166. The Kier molecular flexibility index (Phi) is 2.84. The van der Waals surface area contributed by atoms with E-state index in [1.54, 1.807) is 0 Å². The van der Waals surface area contributed by atoms with Crippen molar-refractivity contribution in [2.24, 2.45) is 39.9 Å². The van der Waals surface area contributed by atoms with E-state index in [2.05, 4.69) is 6.92 Å². The number of carbonyl (C=O) groups is 2. The number of hydrogen-bond donors (Lipinski definition) is 2.